The minimum absolute atomic E-state index is 0.0173. The third-order valence-corrected chi connectivity index (χ3v) is 9.57. The van der Waals surface area contributed by atoms with Gasteiger partial charge in [0.15, 0.2) is 5.82 Å². The molecule has 48 heavy (non-hydrogen) atoms. The molecular formula is C36H35F2N7O3. The molecule has 3 aliphatic heterocycles. The Morgan fingerprint density at radius 3 is 2.77 bits per heavy atom. The van der Waals surface area contributed by atoms with E-state index in [2.05, 4.69) is 42.8 Å². The summed E-state index contributed by atoms with van der Waals surface area (Å²) in [6, 6.07) is 5.54. The molecule has 0 radical (unpaired) electrons. The third kappa shape index (κ3) is 5.51. The van der Waals surface area contributed by atoms with Crippen molar-refractivity contribution in [2.24, 2.45) is 0 Å². The number of rotatable bonds is 4. The van der Waals surface area contributed by atoms with Crippen LogP contribution in [-0.4, -0.2) is 101 Å². The Labute approximate surface area is 277 Å². The Hall–Kier alpha value is -5.04. The Kier molecular flexibility index (Phi) is 8.24. The molecule has 10 nitrogen and oxygen atoms in total. The number of aromatic hydroxyl groups is 1. The number of phenolic OH excluding ortho intramolecular Hbond substituents is 1. The van der Waals surface area contributed by atoms with Crippen LogP contribution in [0.2, 0.25) is 0 Å². The lowest BCUT2D eigenvalue weighted by atomic mass is 9.95. The maximum absolute atomic E-state index is 16.8. The van der Waals surface area contributed by atoms with Crippen LogP contribution < -0.4 is 10.2 Å². The molecule has 3 saturated heterocycles. The predicted molar refractivity (Wildman–Crippen MR) is 178 cm³/mol. The van der Waals surface area contributed by atoms with Gasteiger partial charge in [0, 0.05) is 70.0 Å². The molecule has 3 aliphatic rings. The van der Waals surface area contributed by atoms with Crippen molar-refractivity contribution in [1.82, 2.24) is 30.1 Å². The number of aromatic nitrogens is 3. The van der Waals surface area contributed by atoms with Crippen molar-refractivity contribution < 1.29 is 23.4 Å². The van der Waals surface area contributed by atoms with Gasteiger partial charge in [-0.2, -0.15) is 0 Å². The second-order valence-corrected chi connectivity index (χ2v) is 12.7. The molecule has 246 valence electrons. The number of nitrogens with zero attached hydrogens (tertiary/aromatic N) is 6. The highest BCUT2D eigenvalue weighted by atomic mass is 19.1. The molecule has 2 atom stereocenters. The van der Waals surface area contributed by atoms with Crippen molar-refractivity contribution >= 4 is 33.6 Å². The first-order valence-electron chi connectivity index (χ1n) is 16.1. The maximum atomic E-state index is 16.8. The van der Waals surface area contributed by atoms with Crippen molar-refractivity contribution in [3.63, 3.8) is 0 Å². The summed E-state index contributed by atoms with van der Waals surface area (Å²) in [5.74, 6) is 8.21. The van der Waals surface area contributed by atoms with Crippen LogP contribution in [0.25, 0.3) is 32.9 Å². The first-order chi connectivity index (χ1) is 23.2. The lowest BCUT2D eigenvalue weighted by Gasteiger charge is -2.30. The van der Waals surface area contributed by atoms with E-state index in [1.54, 1.807) is 14.1 Å². The number of terminal acetylenes is 1. The topological polar surface area (TPSA) is 107 Å². The lowest BCUT2D eigenvalue weighted by molar-refractivity contribution is 0.0794. The molecule has 2 N–H and O–H groups in total. The normalized spacial score (nSPS) is 20.7. The summed E-state index contributed by atoms with van der Waals surface area (Å²) < 4.78 is 37.1. The molecule has 1 amide bonds. The standard InChI is InChI=1S/C36H35F2N7O3/c1-4-25-28(37)7-6-22-18-24(46)19-26(30(22)25)32-31(38)33-27(20-40-32)34(44-16-13-39-14-17-44)42-29(41-33)9-12-36-10-5-15-45(36)23(8-11-36)21-48-35(47)43(2)3/h1,6-7,18-20,23,39,46H,5,8,10-11,13-17,21H2,2-3H3/t23-,36-/m1/s1. The van der Waals surface area contributed by atoms with Gasteiger partial charge in [-0.15, -0.1) is 6.42 Å². The zero-order valence-electron chi connectivity index (χ0n) is 26.8. The van der Waals surface area contributed by atoms with Gasteiger partial charge in [0.25, 0.3) is 0 Å². The molecule has 0 aliphatic carbocycles. The molecule has 5 heterocycles. The monoisotopic (exact) mass is 651 g/mol. The minimum atomic E-state index is -0.752. The van der Waals surface area contributed by atoms with Crippen molar-refractivity contribution in [3.8, 4) is 41.2 Å². The quantitative estimate of drug-likeness (QED) is 0.313. The predicted octanol–water partition coefficient (Wildman–Crippen LogP) is 4.27. The molecule has 7 rings (SSSR count). The number of benzene rings is 2. The number of carbonyl (C=O) groups excluding carboxylic acids is 1. The number of phenols is 1. The van der Waals surface area contributed by atoms with E-state index in [0.29, 0.717) is 29.7 Å². The molecule has 0 unspecified atom stereocenters. The number of fused-ring (bicyclic) bond motifs is 3. The van der Waals surface area contributed by atoms with Crippen molar-refractivity contribution in [2.45, 2.75) is 37.3 Å². The molecule has 3 fully saturated rings. The number of halogens is 2. The number of hydrogen-bond donors (Lipinski definition) is 2. The van der Waals surface area contributed by atoms with E-state index in [9.17, 15) is 14.3 Å². The van der Waals surface area contributed by atoms with Crippen molar-refractivity contribution in [1.29, 1.82) is 0 Å². The molecule has 2 aromatic heterocycles. The van der Waals surface area contributed by atoms with Gasteiger partial charge in [0.2, 0.25) is 5.82 Å². The average molecular weight is 652 g/mol. The number of nitrogens with one attached hydrogen (secondary N) is 1. The summed E-state index contributed by atoms with van der Waals surface area (Å²) in [7, 11) is 3.31. The number of hydrogen-bond acceptors (Lipinski definition) is 9. The van der Waals surface area contributed by atoms with Gasteiger partial charge in [-0.3, -0.25) is 9.88 Å². The summed E-state index contributed by atoms with van der Waals surface area (Å²) in [5, 5.41) is 15.0. The van der Waals surface area contributed by atoms with Crippen LogP contribution in [0.15, 0.2) is 30.5 Å². The molecular weight excluding hydrogens is 616 g/mol. The molecule has 2 aromatic carbocycles. The Balaban J connectivity index is 1.34. The van der Waals surface area contributed by atoms with Crippen LogP contribution in [-0.2, 0) is 4.74 Å². The fourth-order valence-corrected chi connectivity index (χ4v) is 7.26. The summed E-state index contributed by atoms with van der Waals surface area (Å²) in [4.78, 5) is 31.8. The zero-order chi connectivity index (χ0) is 33.6. The Morgan fingerprint density at radius 2 is 2.00 bits per heavy atom. The molecule has 12 heteroatoms. The summed E-state index contributed by atoms with van der Waals surface area (Å²) in [6.07, 6.45) is 10.3. The minimum Gasteiger partial charge on any atom is -0.508 e. The van der Waals surface area contributed by atoms with Gasteiger partial charge in [-0.05, 0) is 55.2 Å². The van der Waals surface area contributed by atoms with Gasteiger partial charge in [-0.25, -0.2) is 23.5 Å². The fraction of sp³-hybridized carbons (Fsp3) is 0.389. The summed E-state index contributed by atoms with van der Waals surface area (Å²) >= 11 is 0. The van der Waals surface area contributed by atoms with Crippen LogP contribution in [0.5, 0.6) is 5.75 Å². The van der Waals surface area contributed by atoms with Gasteiger partial charge >= 0.3 is 6.09 Å². The number of piperazine rings is 1. The summed E-state index contributed by atoms with van der Waals surface area (Å²) in [6.45, 7) is 3.88. The van der Waals surface area contributed by atoms with Gasteiger partial charge < -0.3 is 25.0 Å². The second-order valence-electron chi connectivity index (χ2n) is 12.7. The van der Waals surface area contributed by atoms with E-state index >= 15 is 4.39 Å². The first-order valence-corrected chi connectivity index (χ1v) is 16.1. The van der Waals surface area contributed by atoms with E-state index in [1.807, 2.05) is 0 Å². The van der Waals surface area contributed by atoms with E-state index in [-0.39, 0.29) is 58.0 Å². The summed E-state index contributed by atoms with van der Waals surface area (Å²) in [5.41, 5.74) is -0.420. The lowest BCUT2D eigenvalue weighted by Crippen LogP contribution is -2.44. The highest BCUT2D eigenvalue weighted by Crippen LogP contribution is 2.42. The Morgan fingerprint density at radius 1 is 1.19 bits per heavy atom. The van der Waals surface area contributed by atoms with Gasteiger partial charge in [-0.1, -0.05) is 17.9 Å². The maximum Gasteiger partial charge on any atom is 0.409 e. The van der Waals surface area contributed by atoms with Crippen molar-refractivity contribution in [2.75, 3.05) is 58.3 Å². The van der Waals surface area contributed by atoms with Gasteiger partial charge in [0.05, 0.1) is 16.5 Å². The Bertz CT molecular complexity index is 2050. The first kappa shape index (κ1) is 31.6. The highest BCUT2D eigenvalue weighted by molar-refractivity contribution is 6.03. The van der Waals surface area contributed by atoms with E-state index in [1.165, 1.54) is 35.4 Å². The number of ether oxygens (including phenoxy) is 1. The number of anilines is 1. The van der Waals surface area contributed by atoms with Gasteiger partial charge in [0.1, 0.15) is 35.2 Å². The van der Waals surface area contributed by atoms with E-state index in [4.69, 9.17) is 16.1 Å². The van der Waals surface area contributed by atoms with Crippen LogP contribution in [0.1, 0.15) is 37.1 Å². The van der Waals surface area contributed by atoms with Crippen LogP contribution in [0.4, 0.5) is 19.4 Å². The van der Waals surface area contributed by atoms with Crippen LogP contribution in [0.3, 0.4) is 0 Å². The molecule has 0 bridgehead atoms. The molecule has 4 aromatic rings. The van der Waals surface area contributed by atoms with E-state index in [0.717, 1.165) is 45.3 Å². The number of carbonyl (C=O) groups is 1. The fourth-order valence-electron chi connectivity index (χ4n) is 7.26. The van der Waals surface area contributed by atoms with E-state index < -0.39 is 17.2 Å². The largest absolute Gasteiger partial charge is 0.508 e. The average Bonchev–Trinajstić information content (AvgIpc) is 3.66. The zero-order valence-corrected chi connectivity index (χ0v) is 26.8. The number of amides is 1. The highest BCUT2D eigenvalue weighted by Gasteiger charge is 2.48. The van der Waals surface area contributed by atoms with Crippen LogP contribution in [0, 0.1) is 35.8 Å². The SMILES string of the molecule is C#Cc1c(F)ccc2cc(O)cc(-c3ncc4c(N5CCNCC5)nc(C#C[C@]56CCCN5[C@@H](COC(=O)N(C)C)CC6)nc4c3F)c12. The molecule has 0 saturated carbocycles. The van der Waals surface area contributed by atoms with Crippen molar-refractivity contribution in [3.05, 3.63) is 53.5 Å². The number of pyridine rings is 1. The third-order valence-electron chi connectivity index (χ3n) is 9.57. The smallest absolute Gasteiger partial charge is 0.409 e. The molecule has 0 spiro atoms. The van der Waals surface area contributed by atoms with Crippen LogP contribution >= 0.6 is 0 Å². The second kappa shape index (κ2) is 12.5.